The predicted molar refractivity (Wildman–Crippen MR) is 127 cm³/mol. The van der Waals surface area contributed by atoms with Gasteiger partial charge in [0.1, 0.15) is 17.4 Å². The predicted octanol–water partition coefficient (Wildman–Crippen LogP) is 2.65. The van der Waals surface area contributed by atoms with E-state index in [1.807, 2.05) is 24.3 Å². The normalized spacial score (nSPS) is 17.0. The van der Waals surface area contributed by atoms with Crippen molar-refractivity contribution < 1.29 is 23.7 Å². The number of ether oxygens (including phenoxy) is 1. The molecule has 2 aromatic carbocycles. The highest BCUT2D eigenvalue weighted by atomic mass is 19.1. The van der Waals surface area contributed by atoms with Gasteiger partial charge in [-0.25, -0.2) is 8.78 Å². The molecule has 2 heterocycles. The lowest BCUT2D eigenvalue weighted by Crippen LogP contribution is -2.50. The summed E-state index contributed by atoms with van der Waals surface area (Å²) in [7, 11) is 1.61. The average molecular weight is 473 g/mol. The van der Waals surface area contributed by atoms with Crippen molar-refractivity contribution >= 4 is 16.6 Å². The molecule has 1 aromatic heterocycles. The van der Waals surface area contributed by atoms with Crippen molar-refractivity contribution in [3.63, 3.8) is 0 Å². The van der Waals surface area contributed by atoms with Crippen LogP contribution in [0.15, 0.2) is 48.7 Å². The second-order valence-electron chi connectivity index (χ2n) is 8.59. The van der Waals surface area contributed by atoms with Gasteiger partial charge in [-0.05, 0) is 42.0 Å². The van der Waals surface area contributed by atoms with Crippen molar-refractivity contribution in [2.75, 3.05) is 58.2 Å². The van der Waals surface area contributed by atoms with Crippen LogP contribution in [0, 0.1) is 11.6 Å². The first-order valence-electron chi connectivity index (χ1n) is 11.3. The van der Waals surface area contributed by atoms with Crippen LogP contribution in [0.2, 0.25) is 0 Å². The second kappa shape index (κ2) is 11.1. The molecule has 0 saturated carbocycles. The topological polar surface area (TPSA) is 81.1 Å². The van der Waals surface area contributed by atoms with Crippen LogP contribution in [-0.4, -0.2) is 84.0 Å². The standard InChI is InChI=1S/C25H30F2N4O3/c1-34-21-2-3-24-23(13-21)22(4-5-28-24)25(33)16-31-8-6-30(7-9-31)15-20(32)14-29-19-11-17(26)10-18(27)12-19/h2-5,10-13,20,25,29,32-33H,6-9,14-16H2,1H3/t20-,25-/m1/s1. The molecular weight excluding hydrogens is 442 g/mol. The Morgan fingerprint density at radius 2 is 1.65 bits per heavy atom. The molecule has 1 aliphatic heterocycles. The monoisotopic (exact) mass is 472 g/mol. The molecule has 3 aromatic rings. The van der Waals surface area contributed by atoms with Crippen LogP contribution in [0.25, 0.3) is 10.9 Å². The molecule has 0 spiro atoms. The zero-order valence-corrected chi connectivity index (χ0v) is 19.1. The molecule has 4 rings (SSSR count). The summed E-state index contributed by atoms with van der Waals surface area (Å²) < 4.78 is 31.9. The van der Waals surface area contributed by atoms with E-state index in [2.05, 4.69) is 20.1 Å². The van der Waals surface area contributed by atoms with Gasteiger partial charge in [0.15, 0.2) is 0 Å². The first kappa shape index (κ1) is 24.3. The largest absolute Gasteiger partial charge is 0.497 e. The van der Waals surface area contributed by atoms with Gasteiger partial charge in [-0.3, -0.25) is 14.8 Å². The van der Waals surface area contributed by atoms with Crippen molar-refractivity contribution in [3.8, 4) is 5.75 Å². The molecule has 0 bridgehead atoms. The highest BCUT2D eigenvalue weighted by molar-refractivity contribution is 5.83. The van der Waals surface area contributed by atoms with E-state index in [1.54, 1.807) is 13.3 Å². The van der Waals surface area contributed by atoms with Crippen molar-refractivity contribution in [1.29, 1.82) is 0 Å². The van der Waals surface area contributed by atoms with Crippen LogP contribution in [-0.2, 0) is 0 Å². The zero-order valence-electron chi connectivity index (χ0n) is 19.1. The van der Waals surface area contributed by atoms with Crippen molar-refractivity contribution in [2.24, 2.45) is 0 Å². The SMILES string of the molecule is COc1ccc2nccc([C@H](O)CN3CCN(C[C@H](O)CNc4cc(F)cc(F)c4)CC3)c2c1. The molecule has 0 radical (unpaired) electrons. The van der Waals surface area contributed by atoms with E-state index in [0.29, 0.717) is 18.8 Å². The van der Waals surface area contributed by atoms with Crippen LogP contribution in [0.4, 0.5) is 14.5 Å². The summed E-state index contributed by atoms with van der Waals surface area (Å²) in [6, 6.07) is 10.7. The van der Waals surface area contributed by atoms with E-state index in [9.17, 15) is 19.0 Å². The van der Waals surface area contributed by atoms with Crippen LogP contribution in [0.5, 0.6) is 5.75 Å². The molecule has 0 amide bonds. The number of aliphatic hydroxyl groups excluding tert-OH is 2. The first-order chi connectivity index (χ1) is 16.4. The second-order valence-corrected chi connectivity index (χ2v) is 8.59. The number of halogens is 2. The number of benzene rings is 2. The zero-order chi connectivity index (χ0) is 24.1. The highest BCUT2D eigenvalue weighted by Crippen LogP contribution is 2.27. The van der Waals surface area contributed by atoms with Crippen LogP contribution < -0.4 is 10.1 Å². The first-order valence-corrected chi connectivity index (χ1v) is 11.3. The highest BCUT2D eigenvalue weighted by Gasteiger charge is 2.22. The Morgan fingerprint density at radius 1 is 0.971 bits per heavy atom. The molecule has 34 heavy (non-hydrogen) atoms. The van der Waals surface area contributed by atoms with E-state index >= 15 is 0 Å². The number of rotatable bonds is 9. The number of nitrogens with one attached hydrogen (secondary N) is 1. The fourth-order valence-corrected chi connectivity index (χ4v) is 4.32. The Balaban J connectivity index is 1.26. The van der Waals surface area contributed by atoms with Gasteiger partial charge in [0.05, 0.1) is 24.8 Å². The lowest BCUT2D eigenvalue weighted by molar-refractivity contribution is 0.0518. The number of aliphatic hydroxyl groups is 2. The van der Waals surface area contributed by atoms with Crippen molar-refractivity contribution in [3.05, 3.63) is 65.9 Å². The molecule has 9 heteroatoms. The number of piperazine rings is 1. The Morgan fingerprint density at radius 3 is 2.32 bits per heavy atom. The Kier molecular flexibility index (Phi) is 7.89. The van der Waals surface area contributed by atoms with Crippen LogP contribution >= 0.6 is 0 Å². The third-order valence-electron chi connectivity index (χ3n) is 6.11. The Hall–Kier alpha value is -2.85. The number of hydrogen-bond donors (Lipinski definition) is 3. The number of anilines is 1. The summed E-state index contributed by atoms with van der Waals surface area (Å²) in [4.78, 5) is 8.72. The Bertz CT molecular complexity index is 1090. The number of fused-ring (bicyclic) bond motifs is 1. The molecule has 2 atom stereocenters. The fourth-order valence-electron chi connectivity index (χ4n) is 4.32. The molecule has 3 N–H and O–H groups in total. The number of hydrogen-bond acceptors (Lipinski definition) is 7. The quantitative estimate of drug-likeness (QED) is 0.442. The molecular formula is C25H30F2N4O3. The molecule has 182 valence electrons. The van der Waals surface area contributed by atoms with Gasteiger partial charge in [0, 0.05) is 69.2 Å². The summed E-state index contributed by atoms with van der Waals surface area (Å²) in [5.41, 5.74) is 1.93. The van der Waals surface area contributed by atoms with Crippen molar-refractivity contribution in [1.82, 2.24) is 14.8 Å². The van der Waals surface area contributed by atoms with Gasteiger partial charge in [-0.1, -0.05) is 0 Å². The molecule has 0 unspecified atom stereocenters. The van der Waals surface area contributed by atoms with Crippen LogP contribution in [0.3, 0.4) is 0 Å². The maximum Gasteiger partial charge on any atom is 0.128 e. The third kappa shape index (κ3) is 6.18. The number of β-amino-alcohol motifs (C(OH)–C–C–N with tert-alkyl or cyclic N) is 2. The van der Waals surface area contributed by atoms with E-state index in [-0.39, 0.29) is 6.54 Å². The summed E-state index contributed by atoms with van der Waals surface area (Å²) in [6.45, 7) is 4.18. The number of pyridine rings is 1. The van der Waals surface area contributed by atoms with E-state index in [4.69, 9.17) is 4.74 Å². The van der Waals surface area contributed by atoms with Gasteiger partial charge in [-0.2, -0.15) is 0 Å². The Labute approximate surface area is 197 Å². The van der Waals surface area contributed by atoms with Gasteiger partial charge < -0.3 is 20.3 Å². The molecule has 7 nitrogen and oxygen atoms in total. The van der Waals surface area contributed by atoms with Gasteiger partial charge in [0.25, 0.3) is 0 Å². The molecule has 1 aliphatic rings. The summed E-state index contributed by atoms with van der Waals surface area (Å²) in [5, 5.41) is 25.0. The summed E-state index contributed by atoms with van der Waals surface area (Å²) >= 11 is 0. The van der Waals surface area contributed by atoms with Gasteiger partial charge in [0.2, 0.25) is 0 Å². The number of methoxy groups -OCH3 is 1. The summed E-state index contributed by atoms with van der Waals surface area (Å²) in [6.07, 6.45) is 0.367. The minimum absolute atomic E-state index is 0.195. The fraction of sp³-hybridized carbons (Fsp3) is 0.400. The van der Waals surface area contributed by atoms with E-state index in [0.717, 1.165) is 54.5 Å². The lowest BCUT2D eigenvalue weighted by Gasteiger charge is -2.36. The smallest absolute Gasteiger partial charge is 0.128 e. The molecule has 0 aliphatic carbocycles. The van der Waals surface area contributed by atoms with Crippen LogP contribution in [0.1, 0.15) is 11.7 Å². The third-order valence-corrected chi connectivity index (χ3v) is 6.11. The molecule has 1 fully saturated rings. The van der Waals surface area contributed by atoms with Crippen molar-refractivity contribution in [2.45, 2.75) is 12.2 Å². The van der Waals surface area contributed by atoms with E-state index < -0.39 is 23.8 Å². The average Bonchev–Trinajstić information content (AvgIpc) is 2.82. The lowest BCUT2D eigenvalue weighted by atomic mass is 10.0. The number of aromatic nitrogens is 1. The van der Waals surface area contributed by atoms with Gasteiger partial charge in [-0.15, -0.1) is 0 Å². The molecule has 1 saturated heterocycles. The minimum Gasteiger partial charge on any atom is -0.497 e. The number of nitrogens with zero attached hydrogens (tertiary/aromatic N) is 3. The maximum atomic E-state index is 13.3. The minimum atomic E-state index is -0.679. The summed E-state index contributed by atoms with van der Waals surface area (Å²) in [5.74, 6) is -0.596. The van der Waals surface area contributed by atoms with Gasteiger partial charge >= 0.3 is 0 Å². The maximum absolute atomic E-state index is 13.3. The van der Waals surface area contributed by atoms with E-state index in [1.165, 1.54) is 12.1 Å².